The predicted octanol–water partition coefficient (Wildman–Crippen LogP) is 3.10. The highest BCUT2D eigenvalue weighted by atomic mass is 32.2. The van der Waals surface area contributed by atoms with Crippen LogP contribution in [0.1, 0.15) is 48.7 Å². The highest BCUT2D eigenvalue weighted by Crippen LogP contribution is 2.34. The lowest BCUT2D eigenvalue weighted by Gasteiger charge is -2.28. The van der Waals surface area contributed by atoms with Gasteiger partial charge in [0.2, 0.25) is 5.91 Å². The monoisotopic (exact) mass is 592 g/mol. The Bertz CT molecular complexity index is 1590. The number of hydrogen-bond acceptors (Lipinski definition) is 6. The quantitative estimate of drug-likeness (QED) is 0.451. The summed E-state index contributed by atoms with van der Waals surface area (Å²) in [5.41, 5.74) is 1.93. The third-order valence-corrected chi connectivity index (χ3v) is 9.63. The maximum atomic E-state index is 14.0. The highest BCUT2D eigenvalue weighted by molar-refractivity contribution is 7.89. The number of ketones is 1. The minimum absolute atomic E-state index is 0.0585. The molecular weight excluding hydrogens is 559 g/mol. The van der Waals surface area contributed by atoms with Crippen LogP contribution in [0.25, 0.3) is 0 Å². The minimum atomic E-state index is -4.06. The molecule has 220 valence electrons. The Balaban J connectivity index is 1.39. The molecule has 2 aromatic carbocycles. The van der Waals surface area contributed by atoms with Crippen molar-refractivity contribution in [1.82, 2.24) is 19.5 Å². The Morgan fingerprint density at radius 3 is 2.36 bits per heavy atom. The second-order valence-electron chi connectivity index (χ2n) is 11.7. The van der Waals surface area contributed by atoms with Crippen molar-refractivity contribution in [3.8, 4) is 0 Å². The molecule has 5 rings (SSSR count). The molecule has 0 aliphatic carbocycles. The van der Waals surface area contributed by atoms with E-state index in [0.717, 1.165) is 9.87 Å². The molecule has 3 heterocycles. The summed E-state index contributed by atoms with van der Waals surface area (Å²) in [4.78, 5) is 45.8. The summed E-state index contributed by atoms with van der Waals surface area (Å²) in [6, 6.07) is 14.5. The summed E-state index contributed by atoms with van der Waals surface area (Å²) in [6.07, 6.45) is 1.69. The number of nitrogens with zero attached hydrogens (tertiary/aromatic N) is 3. The summed E-state index contributed by atoms with van der Waals surface area (Å²) >= 11 is 0. The van der Waals surface area contributed by atoms with E-state index in [1.54, 1.807) is 24.3 Å². The lowest BCUT2D eigenvalue weighted by Crippen LogP contribution is -2.53. The first-order chi connectivity index (χ1) is 19.9. The number of fused-ring (bicyclic) bond motifs is 1. The Hall–Kier alpha value is -3.96. The van der Waals surface area contributed by atoms with E-state index in [1.807, 2.05) is 12.1 Å². The average Bonchev–Trinajstić information content (AvgIpc) is 3.55. The molecule has 0 saturated carbocycles. The number of likely N-dealkylation sites (tertiary alicyclic amines) is 1. The number of carbonyl (C=O) groups is 3. The number of rotatable bonds is 7. The molecule has 42 heavy (non-hydrogen) atoms. The normalized spacial score (nSPS) is 19.9. The van der Waals surface area contributed by atoms with Crippen molar-refractivity contribution >= 4 is 27.6 Å². The zero-order chi connectivity index (χ0) is 30.2. The van der Waals surface area contributed by atoms with E-state index in [0.29, 0.717) is 11.1 Å². The SMILES string of the molecule is CC(C)(C)c1ccc(C(=O)NC(Cc2ccc(F)cc2)C(=O)N2CCC3C2C(=O)CN3S(=O)(=O)c2ccccn2)cc1. The summed E-state index contributed by atoms with van der Waals surface area (Å²) in [5, 5.41) is 2.65. The third kappa shape index (κ3) is 5.84. The molecular formula is C31H33FN4O5S. The third-order valence-electron chi connectivity index (χ3n) is 7.84. The van der Waals surface area contributed by atoms with E-state index >= 15 is 0 Å². The molecule has 0 spiro atoms. The smallest absolute Gasteiger partial charge is 0.261 e. The van der Waals surface area contributed by atoms with Gasteiger partial charge in [0.25, 0.3) is 15.9 Å². The van der Waals surface area contributed by atoms with Gasteiger partial charge < -0.3 is 10.2 Å². The fourth-order valence-corrected chi connectivity index (χ4v) is 7.14. The number of halogens is 1. The number of Topliss-reactive ketones (excluding diaryl/α,β-unsaturated/α-hetero) is 1. The molecule has 1 N–H and O–H groups in total. The average molecular weight is 593 g/mol. The van der Waals surface area contributed by atoms with Gasteiger partial charge in [-0.25, -0.2) is 17.8 Å². The van der Waals surface area contributed by atoms with Gasteiger partial charge in [0.1, 0.15) is 17.9 Å². The van der Waals surface area contributed by atoms with Crippen LogP contribution in [0.15, 0.2) is 78.0 Å². The fourth-order valence-electron chi connectivity index (χ4n) is 5.58. The van der Waals surface area contributed by atoms with E-state index in [9.17, 15) is 27.2 Å². The number of amides is 2. The van der Waals surface area contributed by atoms with Gasteiger partial charge in [0, 0.05) is 24.7 Å². The molecule has 9 nitrogen and oxygen atoms in total. The number of carbonyl (C=O) groups excluding carboxylic acids is 3. The lowest BCUT2D eigenvalue weighted by atomic mass is 9.86. The van der Waals surface area contributed by atoms with Gasteiger partial charge in [-0.15, -0.1) is 0 Å². The van der Waals surface area contributed by atoms with E-state index < -0.39 is 51.6 Å². The van der Waals surface area contributed by atoms with Crippen LogP contribution in [0.5, 0.6) is 0 Å². The van der Waals surface area contributed by atoms with Crippen molar-refractivity contribution in [2.75, 3.05) is 13.1 Å². The Labute approximate surface area is 244 Å². The van der Waals surface area contributed by atoms with Gasteiger partial charge in [0.05, 0.1) is 12.6 Å². The van der Waals surface area contributed by atoms with Crippen molar-refractivity contribution in [2.24, 2.45) is 0 Å². The molecule has 3 atom stereocenters. The Morgan fingerprint density at radius 2 is 1.74 bits per heavy atom. The second-order valence-corrected chi connectivity index (χ2v) is 13.5. The first kappa shape index (κ1) is 29.5. The number of aromatic nitrogens is 1. The molecule has 11 heteroatoms. The van der Waals surface area contributed by atoms with Crippen LogP contribution >= 0.6 is 0 Å². The van der Waals surface area contributed by atoms with Crippen LogP contribution < -0.4 is 5.32 Å². The summed E-state index contributed by atoms with van der Waals surface area (Å²) in [5.74, 6) is -1.80. The minimum Gasteiger partial charge on any atom is -0.340 e. The van der Waals surface area contributed by atoms with Gasteiger partial charge in [-0.2, -0.15) is 4.31 Å². The van der Waals surface area contributed by atoms with E-state index in [-0.39, 0.29) is 36.4 Å². The number of nitrogens with one attached hydrogen (secondary N) is 1. The van der Waals surface area contributed by atoms with Crippen molar-refractivity contribution in [3.63, 3.8) is 0 Å². The molecule has 3 aromatic rings. The Morgan fingerprint density at radius 1 is 1.05 bits per heavy atom. The van der Waals surface area contributed by atoms with Crippen molar-refractivity contribution in [2.45, 2.75) is 62.2 Å². The van der Waals surface area contributed by atoms with Crippen molar-refractivity contribution in [1.29, 1.82) is 0 Å². The van der Waals surface area contributed by atoms with Gasteiger partial charge in [-0.1, -0.05) is 51.1 Å². The van der Waals surface area contributed by atoms with Crippen LogP contribution in [0.2, 0.25) is 0 Å². The van der Waals surface area contributed by atoms with Crippen LogP contribution in [-0.2, 0) is 31.4 Å². The van der Waals surface area contributed by atoms with Gasteiger partial charge >= 0.3 is 0 Å². The largest absolute Gasteiger partial charge is 0.340 e. The van der Waals surface area contributed by atoms with Gasteiger partial charge in [-0.05, 0) is 59.4 Å². The molecule has 3 unspecified atom stereocenters. The van der Waals surface area contributed by atoms with Crippen molar-refractivity contribution in [3.05, 3.63) is 95.4 Å². The zero-order valence-corrected chi connectivity index (χ0v) is 24.5. The summed E-state index contributed by atoms with van der Waals surface area (Å²) in [7, 11) is -4.06. The van der Waals surface area contributed by atoms with Gasteiger partial charge in [-0.3, -0.25) is 14.4 Å². The first-order valence-corrected chi connectivity index (χ1v) is 15.2. The molecule has 0 radical (unpaired) electrons. The van der Waals surface area contributed by atoms with Crippen LogP contribution in [0.4, 0.5) is 4.39 Å². The number of benzene rings is 2. The summed E-state index contributed by atoms with van der Waals surface area (Å²) < 4.78 is 41.3. The molecule has 2 aliphatic heterocycles. The molecule has 1 aromatic heterocycles. The van der Waals surface area contributed by atoms with Crippen molar-refractivity contribution < 1.29 is 27.2 Å². The fraction of sp³-hybridized carbons (Fsp3) is 0.355. The topological polar surface area (TPSA) is 117 Å². The first-order valence-electron chi connectivity index (χ1n) is 13.8. The molecule has 2 fully saturated rings. The highest BCUT2D eigenvalue weighted by Gasteiger charge is 2.54. The second kappa shape index (κ2) is 11.4. The summed E-state index contributed by atoms with van der Waals surface area (Å²) in [6.45, 7) is 5.97. The van der Waals surface area contributed by atoms with E-state index in [4.69, 9.17) is 0 Å². The number of pyridine rings is 1. The van der Waals surface area contributed by atoms with Crippen LogP contribution in [0, 0.1) is 5.82 Å². The number of sulfonamides is 1. The molecule has 0 bridgehead atoms. The maximum absolute atomic E-state index is 14.0. The molecule has 2 saturated heterocycles. The van der Waals surface area contributed by atoms with Crippen LogP contribution in [0.3, 0.4) is 0 Å². The van der Waals surface area contributed by atoms with E-state index in [2.05, 4.69) is 31.1 Å². The number of hydrogen-bond donors (Lipinski definition) is 1. The van der Waals surface area contributed by atoms with Gasteiger partial charge in [0.15, 0.2) is 10.8 Å². The Kier molecular flexibility index (Phi) is 8.00. The molecule has 2 aliphatic rings. The zero-order valence-electron chi connectivity index (χ0n) is 23.7. The van der Waals surface area contributed by atoms with E-state index in [1.165, 1.54) is 41.4 Å². The molecule has 2 amide bonds. The van der Waals surface area contributed by atoms with Crippen LogP contribution in [-0.4, -0.2) is 71.4 Å². The maximum Gasteiger partial charge on any atom is 0.261 e. The lowest BCUT2D eigenvalue weighted by molar-refractivity contribution is -0.138. The standard InChI is InChI=1S/C31H33FN4O5S/c1-31(2,3)22-11-9-21(10-12-22)29(38)34-24(18-20-7-13-23(32)14-8-20)30(39)35-17-15-25-28(35)26(37)19-36(25)42(40,41)27-6-4-5-16-33-27/h4-14,16,24-25,28H,15,17-19H2,1-3H3,(H,34,38). The predicted molar refractivity (Wildman–Crippen MR) is 154 cm³/mol.